The van der Waals surface area contributed by atoms with Crippen LogP contribution in [0.4, 0.5) is 14.5 Å². The minimum absolute atomic E-state index is 0.0559. The lowest BCUT2D eigenvalue weighted by Crippen LogP contribution is -2.00. The van der Waals surface area contributed by atoms with Crippen molar-refractivity contribution in [2.45, 2.75) is 13.0 Å². The van der Waals surface area contributed by atoms with Gasteiger partial charge in [-0.3, -0.25) is 10.1 Å². The first-order valence-corrected chi connectivity index (χ1v) is 5.98. The second-order valence-corrected chi connectivity index (χ2v) is 4.31. The molecule has 7 heteroatoms. The molecular formula is C14H11F2NO4. The van der Waals surface area contributed by atoms with Crippen molar-refractivity contribution in [3.63, 3.8) is 0 Å². The molecule has 1 N–H and O–H groups in total. The molecule has 0 saturated carbocycles. The third kappa shape index (κ3) is 3.14. The number of ether oxygens (including phenoxy) is 1. The maximum Gasteiger partial charge on any atom is 0.314 e. The molecule has 0 aliphatic carbocycles. The number of nitro benzene ring substituents is 1. The van der Waals surface area contributed by atoms with E-state index in [-0.39, 0.29) is 11.3 Å². The standard InChI is InChI=1S/C14H11F2NO4/c1-8(18)10-7-9(15)5-6-13(10)21-14-11(16)3-2-4-12(14)17(19)20/h2-8,18H,1H3/t8-/m1/s1. The summed E-state index contributed by atoms with van der Waals surface area (Å²) in [6.07, 6.45) is -1.08. The molecule has 0 saturated heterocycles. The van der Waals surface area contributed by atoms with Crippen LogP contribution >= 0.6 is 0 Å². The van der Waals surface area contributed by atoms with Crippen LogP contribution in [0.3, 0.4) is 0 Å². The lowest BCUT2D eigenvalue weighted by Gasteiger charge is -2.13. The first kappa shape index (κ1) is 14.9. The van der Waals surface area contributed by atoms with Gasteiger partial charge in [-0.25, -0.2) is 8.78 Å². The van der Waals surface area contributed by atoms with Crippen LogP contribution in [-0.2, 0) is 0 Å². The van der Waals surface area contributed by atoms with Crippen molar-refractivity contribution >= 4 is 5.69 Å². The van der Waals surface area contributed by atoms with Gasteiger partial charge in [0.2, 0.25) is 5.75 Å². The Labute approximate surface area is 118 Å². The molecule has 1 atom stereocenters. The van der Waals surface area contributed by atoms with Crippen molar-refractivity contribution < 1.29 is 23.5 Å². The van der Waals surface area contributed by atoms with E-state index in [0.29, 0.717) is 0 Å². The number of benzene rings is 2. The largest absolute Gasteiger partial charge is 0.447 e. The predicted octanol–water partition coefficient (Wildman–Crippen LogP) is 3.72. The van der Waals surface area contributed by atoms with Crippen LogP contribution in [0.5, 0.6) is 11.5 Å². The van der Waals surface area contributed by atoms with Crippen LogP contribution in [0.15, 0.2) is 36.4 Å². The summed E-state index contributed by atoms with van der Waals surface area (Å²) >= 11 is 0. The van der Waals surface area contributed by atoms with Crippen molar-refractivity contribution in [1.82, 2.24) is 0 Å². The number of nitro groups is 1. The van der Waals surface area contributed by atoms with Gasteiger partial charge < -0.3 is 9.84 Å². The van der Waals surface area contributed by atoms with Gasteiger partial charge in [0.25, 0.3) is 0 Å². The molecular weight excluding hydrogens is 284 g/mol. The molecule has 0 aliphatic heterocycles. The highest BCUT2D eigenvalue weighted by Gasteiger charge is 2.22. The monoisotopic (exact) mass is 295 g/mol. The van der Waals surface area contributed by atoms with Crippen molar-refractivity contribution in [3.8, 4) is 11.5 Å². The zero-order valence-electron chi connectivity index (χ0n) is 10.9. The van der Waals surface area contributed by atoms with Gasteiger partial charge in [-0.1, -0.05) is 6.07 Å². The quantitative estimate of drug-likeness (QED) is 0.689. The van der Waals surface area contributed by atoms with E-state index in [4.69, 9.17) is 4.74 Å². The fourth-order valence-corrected chi connectivity index (χ4v) is 1.79. The summed E-state index contributed by atoms with van der Waals surface area (Å²) in [5.41, 5.74) is -0.497. The van der Waals surface area contributed by atoms with Gasteiger partial charge in [-0.2, -0.15) is 0 Å². The smallest absolute Gasteiger partial charge is 0.314 e. The molecule has 0 amide bonds. The van der Waals surface area contributed by atoms with Gasteiger partial charge in [-0.15, -0.1) is 0 Å². The molecule has 2 aromatic carbocycles. The fourth-order valence-electron chi connectivity index (χ4n) is 1.79. The highest BCUT2D eigenvalue weighted by molar-refractivity contribution is 5.50. The first-order valence-electron chi connectivity index (χ1n) is 5.98. The van der Waals surface area contributed by atoms with Crippen molar-refractivity contribution in [1.29, 1.82) is 0 Å². The van der Waals surface area contributed by atoms with Crippen LogP contribution in [0.25, 0.3) is 0 Å². The van der Waals surface area contributed by atoms with Crippen LogP contribution < -0.4 is 4.74 Å². The number of hydrogen-bond donors (Lipinski definition) is 1. The Morgan fingerprint density at radius 3 is 2.62 bits per heavy atom. The lowest BCUT2D eigenvalue weighted by molar-refractivity contribution is -0.385. The molecule has 21 heavy (non-hydrogen) atoms. The van der Waals surface area contributed by atoms with E-state index in [1.165, 1.54) is 19.1 Å². The number of hydrogen-bond acceptors (Lipinski definition) is 4. The summed E-state index contributed by atoms with van der Waals surface area (Å²) in [7, 11) is 0. The van der Waals surface area contributed by atoms with Crippen LogP contribution in [0.2, 0.25) is 0 Å². The van der Waals surface area contributed by atoms with Crippen LogP contribution in [0.1, 0.15) is 18.6 Å². The number of nitrogens with zero attached hydrogens (tertiary/aromatic N) is 1. The zero-order valence-corrected chi connectivity index (χ0v) is 10.9. The average Bonchev–Trinajstić information content (AvgIpc) is 2.42. The minimum Gasteiger partial charge on any atom is -0.447 e. The Morgan fingerprint density at radius 2 is 2.00 bits per heavy atom. The van der Waals surface area contributed by atoms with Gasteiger partial charge in [-0.05, 0) is 31.2 Å². The normalized spacial score (nSPS) is 12.0. The Kier molecular flexibility index (Phi) is 4.13. The molecule has 0 unspecified atom stereocenters. The molecule has 110 valence electrons. The molecule has 2 aromatic rings. The van der Waals surface area contributed by atoms with Crippen molar-refractivity contribution in [2.24, 2.45) is 0 Å². The average molecular weight is 295 g/mol. The number of aliphatic hydroxyl groups is 1. The SMILES string of the molecule is C[C@@H](O)c1cc(F)ccc1Oc1c(F)cccc1[N+](=O)[O-]. The second-order valence-electron chi connectivity index (χ2n) is 4.31. The number of rotatable bonds is 4. The Bertz CT molecular complexity index is 689. The van der Waals surface area contributed by atoms with Crippen LogP contribution in [0, 0.1) is 21.7 Å². The highest BCUT2D eigenvalue weighted by atomic mass is 19.1. The Balaban J connectivity index is 2.51. The fraction of sp³-hybridized carbons (Fsp3) is 0.143. The second kappa shape index (κ2) is 5.84. The topological polar surface area (TPSA) is 72.6 Å². The van der Waals surface area contributed by atoms with Crippen molar-refractivity contribution in [2.75, 3.05) is 0 Å². The number of halogens is 2. The first-order chi connectivity index (χ1) is 9.90. The third-order valence-electron chi connectivity index (χ3n) is 2.78. The van der Waals surface area contributed by atoms with Gasteiger partial charge in [0.1, 0.15) is 11.6 Å². The molecule has 5 nitrogen and oxygen atoms in total. The zero-order chi connectivity index (χ0) is 15.6. The van der Waals surface area contributed by atoms with E-state index >= 15 is 0 Å². The summed E-state index contributed by atoms with van der Waals surface area (Å²) in [4.78, 5) is 10.1. The summed E-state index contributed by atoms with van der Waals surface area (Å²) in [5, 5.41) is 20.5. The van der Waals surface area contributed by atoms with Crippen LogP contribution in [-0.4, -0.2) is 10.0 Å². The van der Waals surface area contributed by atoms with Gasteiger partial charge in [0.15, 0.2) is 5.82 Å². The van der Waals surface area contributed by atoms with Gasteiger partial charge in [0.05, 0.1) is 11.0 Å². The molecule has 0 heterocycles. The summed E-state index contributed by atoms with van der Waals surface area (Å²) in [6, 6.07) is 6.52. The van der Waals surface area contributed by atoms with Gasteiger partial charge >= 0.3 is 5.69 Å². The van der Waals surface area contributed by atoms with E-state index in [0.717, 1.165) is 24.3 Å². The summed E-state index contributed by atoms with van der Waals surface area (Å²) in [5.74, 6) is -2.18. The molecule has 0 radical (unpaired) electrons. The molecule has 0 spiro atoms. The molecule has 2 rings (SSSR count). The van der Waals surface area contributed by atoms with E-state index in [9.17, 15) is 24.0 Å². The van der Waals surface area contributed by atoms with Gasteiger partial charge in [0, 0.05) is 11.6 Å². The number of para-hydroxylation sites is 1. The third-order valence-corrected chi connectivity index (χ3v) is 2.78. The Hall–Kier alpha value is -2.54. The van der Waals surface area contributed by atoms with E-state index in [2.05, 4.69) is 0 Å². The van der Waals surface area contributed by atoms with E-state index < -0.39 is 34.1 Å². The summed E-state index contributed by atoms with van der Waals surface area (Å²) in [6.45, 7) is 1.37. The molecule has 0 aliphatic rings. The Morgan fingerprint density at radius 1 is 1.29 bits per heavy atom. The van der Waals surface area contributed by atoms with E-state index in [1.807, 2.05) is 0 Å². The maximum absolute atomic E-state index is 13.7. The molecule has 0 aromatic heterocycles. The minimum atomic E-state index is -1.08. The highest BCUT2D eigenvalue weighted by Crippen LogP contribution is 2.36. The predicted molar refractivity (Wildman–Crippen MR) is 70.2 cm³/mol. The lowest BCUT2D eigenvalue weighted by atomic mass is 10.1. The van der Waals surface area contributed by atoms with E-state index in [1.54, 1.807) is 0 Å². The van der Waals surface area contributed by atoms with Crippen molar-refractivity contribution in [3.05, 3.63) is 63.7 Å². The molecule has 0 bridgehead atoms. The number of aliphatic hydroxyl groups excluding tert-OH is 1. The summed E-state index contributed by atoms with van der Waals surface area (Å²) < 4.78 is 32.1. The maximum atomic E-state index is 13.7. The molecule has 0 fully saturated rings.